The van der Waals surface area contributed by atoms with Crippen LogP contribution in [0.15, 0.2) is 24.5 Å². The summed E-state index contributed by atoms with van der Waals surface area (Å²) in [6, 6.07) is 3.21. The molecule has 0 atom stereocenters. The number of halogens is 1. The Morgan fingerprint density at radius 1 is 1.43 bits per heavy atom. The largest absolute Gasteiger partial charge is 0.465 e. The van der Waals surface area contributed by atoms with E-state index in [1.165, 1.54) is 13.2 Å². The van der Waals surface area contributed by atoms with Crippen LogP contribution in [0.5, 0.6) is 0 Å². The molecule has 6 nitrogen and oxygen atoms in total. The molecule has 0 unspecified atom stereocenters. The minimum absolute atomic E-state index is 0.253. The molecule has 2 aromatic rings. The number of esters is 1. The Kier molecular flexibility index (Phi) is 4.54. The minimum atomic E-state index is -0.511. The van der Waals surface area contributed by atoms with Crippen molar-refractivity contribution in [2.75, 3.05) is 26.1 Å². The third-order valence-electron chi connectivity index (χ3n) is 4.04. The first-order valence-corrected chi connectivity index (χ1v) is 7.78. The molecule has 0 saturated carbocycles. The predicted molar refractivity (Wildman–Crippen MR) is 87.1 cm³/mol. The minimum Gasteiger partial charge on any atom is -0.465 e. The number of carbonyl (C=O) groups excluding carboxylic acids is 1. The highest BCUT2D eigenvalue weighted by Gasteiger charge is 2.22. The average Bonchev–Trinajstić information content (AvgIpc) is 3.06. The lowest BCUT2D eigenvalue weighted by atomic mass is 9.99. The molecule has 0 radical (unpaired) electrons. The molecule has 1 aliphatic heterocycles. The number of hydrogen-bond acceptors (Lipinski definition) is 5. The zero-order chi connectivity index (χ0) is 16.4. The standard InChI is InChI=1S/C16H18ClN3O3/c1-22-16(21)11-8-13(18)14(9-12(11)17)20-5-4-19-15(20)10-2-6-23-7-3-10/h4-5,8-10H,2-3,6-7,18H2,1H3. The van der Waals surface area contributed by atoms with Crippen molar-refractivity contribution in [2.45, 2.75) is 18.8 Å². The SMILES string of the molecule is COC(=O)c1cc(N)c(-n2ccnc2C2CCOCC2)cc1Cl. The highest BCUT2D eigenvalue weighted by atomic mass is 35.5. The fraction of sp³-hybridized carbons (Fsp3) is 0.375. The summed E-state index contributed by atoms with van der Waals surface area (Å²) >= 11 is 6.22. The Morgan fingerprint density at radius 2 is 2.17 bits per heavy atom. The number of methoxy groups -OCH3 is 1. The molecular formula is C16H18ClN3O3. The first kappa shape index (κ1) is 15.8. The molecule has 2 N–H and O–H groups in total. The Morgan fingerprint density at radius 3 is 2.87 bits per heavy atom. The fourth-order valence-electron chi connectivity index (χ4n) is 2.83. The van der Waals surface area contributed by atoms with Crippen molar-refractivity contribution in [2.24, 2.45) is 0 Å². The van der Waals surface area contributed by atoms with E-state index in [9.17, 15) is 4.79 Å². The highest BCUT2D eigenvalue weighted by molar-refractivity contribution is 6.34. The van der Waals surface area contributed by atoms with Gasteiger partial charge in [-0.3, -0.25) is 0 Å². The molecule has 3 rings (SSSR count). The second kappa shape index (κ2) is 6.60. The van der Waals surface area contributed by atoms with Gasteiger partial charge in [0, 0.05) is 31.5 Å². The number of imidazole rings is 1. The number of carbonyl (C=O) groups is 1. The lowest BCUT2D eigenvalue weighted by Gasteiger charge is -2.23. The monoisotopic (exact) mass is 335 g/mol. The van der Waals surface area contributed by atoms with Gasteiger partial charge in [-0.2, -0.15) is 0 Å². The zero-order valence-electron chi connectivity index (χ0n) is 12.8. The summed E-state index contributed by atoms with van der Waals surface area (Å²) in [5, 5.41) is 0.299. The summed E-state index contributed by atoms with van der Waals surface area (Å²) in [7, 11) is 1.31. The Bertz CT molecular complexity index is 723. The van der Waals surface area contributed by atoms with Crippen LogP contribution in [0.4, 0.5) is 5.69 Å². The van der Waals surface area contributed by atoms with Gasteiger partial charge in [-0.15, -0.1) is 0 Å². The van der Waals surface area contributed by atoms with E-state index in [0.717, 1.165) is 31.9 Å². The first-order chi connectivity index (χ1) is 11.1. The maximum absolute atomic E-state index is 11.7. The summed E-state index contributed by atoms with van der Waals surface area (Å²) in [4.78, 5) is 16.2. The van der Waals surface area contributed by atoms with Crippen molar-refractivity contribution in [3.63, 3.8) is 0 Å². The molecule has 0 bridgehead atoms. The topological polar surface area (TPSA) is 79.4 Å². The van der Waals surface area contributed by atoms with E-state index in [0.29, 0.717) is 22.3 Å². The Hall–Kier alpha value is -2.05. The molecule has 1 aliphatic rings. The molecule has 1 aromatic carbocycles. The summed E-state index contributed by atoms with van der Waals surface area (Å²) in [5.41, 5.74) is 7.54. The van der Waals surface area contributed by atoms with E-state index >= 15 is 0 Å². The average molecular weight is 336 g/mol. The van der Waals surface area contributed by atoms with Crippen molar-refractivity contribution in [1.29, 1.82) is 0 Å². The summed E-state index contributed by atoms with van der Waals surface area (Å²) < 4.78 is 12.0. The van der Waals surface area contributed by atoms with Gasteiger partial charge in [0.25, 0.3) is 0 Å². The Labute approximate surface area is 139 Å². The van der Waals surface area contributed by atoms with E-state index < -0.39 is 5.97 Å². The number of nitrogens with zero attached hydrogens (tertiary/aromatic N) is 2. The van der Waals surface area contributed by atoms with Crippen LogP contribution in [0, 0.1) is 0 Å². The number of hydrogen-bond donors (Lipinski definition) is 1. The highest BCUT2D eigenvalue weighted by Crippen LogP contribution is 2.32. The quantitative estimate of drug-likeness (QED) is 0.689. The number of benzene rings is 1. The van der Waals surface area contributed by atoms with E-state index in [-0.39, 0.29) is 5.56 Å². The smallest absolute Gasteiger partial charge is 0.339 e. The third-order valence-corrected chi connectivity index (χ3v) is 4.35. The maximum Gasteiger partial charge on any atom is 0.339 e. The fourth-order valence-corrected chi connectivity index (χ4v) is 3.07. The van der Waals surface area contributed by atoms with Crippen LogP contribution in [0.2, 0.25) is 5.02 Å². The van der Waals surface area contributed by atoms with Crippen LogP contribution in [0.1, 0.15) is 34.9 Å². The number of nitrogens with two attached hydrogens (primary N) is 1. The molecule has 23 heavy (non-hydrogen) atoms. The van der Waals surface area contributed by atoms with Gasteiger partial charge >= 0.3 is 5.97 Å². The lowest BCUT2D eigenvalue weighted by molar-refractivity contribution is 0.0601. The molecule has 2 heterocycles. The molecule has 1 fully saturated rings. The van der Waals surface area contributed by atoms with Gasteiger partial charge in [0.1, 0.15) is 5.82 Å². The maximum atomic E-state index is 11.7. The van der Waals surface area contributed by atoms with E-state index in [2.05, 4.69) is 4.98 Å². The van der Waals surface area contributed by atoms with Crippen molar-refractivity contribution in [3.05, 3.63) is 40.9 Å². The number of aromatic nitrogens is 2. The second-order valence-corrected chi connectivity index (χ2v) is 5.83. The van der Waals surface area contributed by atoms with Crippen LogP contribution in [0.25, 0.3) is 5.69 Å². The summed E-state index contributed by atoms with van der Waals surface area (Å²) in [6.07, 6.45) is 5.44. The van der Waals surface area contributed by atoms with E-state index in [1.54, 1.807) is 12.3 Å². The summed E-state index contributed by atoms with van der Waals surface area (Å²) in [5.74, 6) is 0.739. The third kappa shape index (κ3) is 3.04. The number of nitrogen functional groups attached to an aromatic ring is 1. The normalized spacial score (nSPS) is 15.6. The molecule has 0 spiro atoms. The zero-order valence-corrected chi connectivity index (χ0v) is 13.5. The van der Waals surface area contributed by atoms with Crippen LogP contribution < -0.4 is 5.73 Å². The van der Waals surface area contributed by atoms with Crippen molar-refractivity contribution in [1.82, 2.24) is 9.55 Å². The van der Waals surface area contributed by atoms with E-state index in [4.69, 9.17) is 26.8 Å². The van der Waals surface area contributed by atoms with Crippen molar-refractivity contribution in [3.8, 4) is 5.69 Å². The van der Waals surface area contributed by atoms with Crippen LogP contribution >= 0.6 is 11.6 Å². The van der Waals surface area contributed by atoms with Crippen LogP contribution in [0.3, 0.4) is 0 Å². The second-order valence-electron chi connectivity index (χ2n) is 5.42. The van der Waals surface area contributed by atoms with Crippen molar-refractivity contribution >= 4 is 23.3 Å². The number of anilines is 1. The van der Waals surface area contributed by atoms with Gasteiger partial charge in [-0.25, -0.2) is 9.78 Å². The van der Waals surface area contributed by atoms with Crippen molar-refractivity contribution < 1.29 is 14.3 Å². The molecule has 0 aliphatic carbocycles. The van der Waals surface area contributed by atoms with Gasteiger partial charge in [0.2, 0.25) is 0 Å². The molecule has 7 heteroatoms. The number of ether oxygens (including phenoxy) is 2. The molecular weight excluding hydrogens is 318 g/mol. The Balaban J connectivity index is 2.01. The van der Waals surface area contributed by atoms with Gasteiger partial charge < -0.3 is 19.8 Å². The van der Waals surface area contributed by atoms with Crippen LogP contribution in [-0.4, -0.2) is 35.8 Å². The predicted octanol–water partition coefficient (Wildman–Crippen LogP) is 2.79. The number of rotatable bonds is 3. The van der Waals surface area contributed by atoms with Gasteiger partial charge in [-0.1, -0.05) is 11.6 Å². The lowest BCUT2D eigenvalue weighted by Crippen LogP contribution is -2.18. The van der Waals surface area contributed by atoms with Gasteiger partial charge in [0.15, 0.2) is 0 Å². The van der Waals surface area contributed by atoms with Gasteiger partial charge in [-0.05, 0) is 25.0 Å². The molecule has 0 amide bonds. The van der Waals surface area contributed by atoms with Crippen LogP contribution in [-0.2, 0) is 9.47 Å². The molecule has 1 saturated heterocycles. The molecule has 122 valence electrons. The van der Waals surface area contributed by atoms with Gasteiger partial charge in [0.05, 0.1) is 29.1 Å². The summed E-state index contributed by atoms with van der Waals surface area (Å²) in [6.45, 7) is 1.46. The molecule has 1 aromatic heterocycles. The first-order valence-electron chi connectivity index (χ1n) is 7.40. The van der Waals surface area contributed by atoms with E-state index in [1.807, 2.05) is 10.8 Å².